The molecule has 1 saturated heterocycles. The SMILES string of the molecule is CCc1ccc(-c2ccc(CN3CCC(CC#N)(n4cc(C(N)=O)c(NC=O)n4)C(F)C3)cc2)o1. The number of nitrogens with two attached hydrogens (primary N) is 1. The average molecular weight is 479 g/mol. The third-order valence-corrected chi connectivity index (χ3v) is 6.53. The standard InChI is InChI=1S/C25H27FN6O3/c1-2-19-7-8-21(35-19)18-5-3-17(4-6-18)13-31-12-10-25(9-11-27,22(26)15-31)32-14-20(23(28)34)24(30-32)29-16-33/h3-8,14,16,22H,2,9-10,12-13,15H2,1H3,(H2,28,34)(H,29,30,33). The lowest BCUT2D eigenvalue weighted by atomic mass is 9.83. The predicted molar refractivity (Wildman–Crippen MR) is 127 cm³/mol. The van der Waals surface area contributed by atoms with E-state index >= 15 is 4.39 Å². The lowest BCUT2D eigenvalue weighted by Gasteiger charge is -2.43. The summed E-state index contributed by atoms with van der Waals surface area (Å²) in [5.41, 5.74) is 6.09. The van der Waals surface area contributed by atoms with Crippen molar-refractivity contribution in [1.29, 1.82) is 5.26 Å². The van der Waals surface area contributed by atoms with E-state index in [1.165, 1.54) is 10.9 Å². The zero-order valence-corrected chi connectivity index (χ0v) is 19.4. The fourth-order valence-corrected chi connectivity index (χ4v) is 4.52. The molecule has 0 radical (unpaired) electrons. The van der Waals surface area contributed by atoms with Crippen LogP contribution in [0.4, 0.5) is 10.2 Å². The van der Waals surface area contributed by atoms with Crippen LogP contribution in [0.5, 0.6) is 0 Å². The smallest absolute Gasteiger partial charge is 0.254 e. The van der Waals surface area contributed by atoms with Crippen LogP contribution in [-0.2, 0) is 23.3 Å². The molecule has 0 saturated carbocycles. The number of primary amides is 1. The van der Waals surface area contributed by atoms with Crippen LogP contribution in [0, 0.1) is 11.3 Å². The summed E-state index contributed by atoms with van der Waals surface area (Å²) in [5.74, 6) is 0.891. The third-order valence-electron chi connectivity index (χ3n) is 6.53. The Morgan fingerprint density at radius 3 is 2.74 bits per heavy atom. The van der Waals surface area contributed by atoms with Gasteiger partial charge in [-0.2, -0.15) is 10.4 Å². The number of aryl methyl sites for hydroxylation is 1. The Morgan fingerprint density at radius 1 is 1.37 bits per heavy atom. The van der Waals surface area contributed by atoms with Crippen molar-refractivity contribution in [1.82, 2.24) is 14.7 Å². The van der Waals surface area contributed by atoms with Gasteiger partial charge in [-0.05, 0) is 24.1 Å². The van der Waals surface area contributed by atoms with Crippen LogP contribution in [0.2, 0.25) is 0 Å². The molecule has 2 amide bonds. The van der Waals surface area contributed by atoms with Crippen molar-refractivity contribution in [2.45, 2.75) is 44.4 Å². The molecular formula is C25H27FN6O3. The number of carbonyl (C=O) groups excluding carboxylic acids is 2. The molecule has 35 heavy (non-hydrogen) atoms. The molecule has 0 spiro atoms. The highest BCUT2D eigenvalue weighted by Crippen LogP contribution is 2.37. The van der Waals surface area contributed by atoms with E-state index in [-0.39, 0.29) is 24.3 Å². The molecule has 1 aliphatic heterocycles. The number of nitrogens with zero attached hydrogens (tertiary/aromatic N) is 4. The second-order valence-electron chi connectivity index (χ2n) is 8.67. The molecule has 2 atom stereocenters. The molecule has 3 aromatic rings. The van der Waals surface area contributed by atoms with E-state index in [1.807, 2.05) is 48.2 Å². The van der Waals surface area contributed by atoms with Gasteiger partial charge in [0.1, 0.15) is 28.8 Å². The molecule has 2 aromatic heterocycles. The van der Waals surface area contributed by atoms with Crippen molar-refractivity contribution in [3.8, 4) is 17.4 Å². The summed E-state index contributed by atoms with van der Waals surface area (Å²) in [6.45, 7) is 3.19. The molecule has 3 N–H and O–H groups in total. The Labute approximate surface area is 202 Å². The van der Waals surface area contributed by atoms with Gasteiger partial charge in [0.05, 0.1) is 12.5 Å². The number of carbonyl (C=O) groups is 2. The number of likely N-dealkylation sites (tertiary alicyclic amines) is 1. The van der Waals surface area contributed by atoms with Crippen molar-refractivity contribution in [3.05, 3.63) is 59.5 Å². The maximum absolute atomic E-state index is 15.7. The molecule has 4 rings (SSSR count). The van der Waals surface area contributed by atoms with E-state index in [1.54, 1.807) is 0 Å². The summed E-state index contributed by atoms with van der Waals surface area (Å²) >= 11 is 0. The van der Waals surface area contributed by atoms with E-state index in [0.717, 1.165) is 29.1 Å². The monoisotopic (exact) mass is 478 g/mol. The fraction of sp³-hybridized carbons (Fsp3) is 0.360. The van der Waals surface area contributed by atoms with Crippen molar-refractivity contribution >= 4 is 18.1 Å². The molecule has 10 heteroatoms. The van der Waals surface area contributed by atoms with Crippen LogP contribution in [0.25, 0.3) is 11.3 Å². The Bertz CT molecular complexity index is 1240. The number of nitrogens with one attached hydrogen (secondary N) is 1. The molecule has 1 aliphatic rings. The number of halogens is 1. The van der Waals surface area contributed by atoms with Crippen molar-refractivity contribution in [2.75, 3.05) is 18.4 Å². The van der Waals surface area contributed by atoms with Crippen molar-refractivity contribution in [3.63, 3.8) is 0 Å². The minimum Gasteiger partial charge on any atom is -0.461 e. The summed E-state index contributed by atoms with van der Waals surface area (Å²) in [7, 11) is 0. The first-order chi connectivity index (χ1) is 16.9. The van der Waals surface area contributed by atoms with Gasteiger partial charge in [-0.3, -0.25) is 19.2 Å². The van der Waals surface area contributed by atoms with Gasteiger partial charge in [-0.15, -0.1) is 0 Å². The minimum atomic E-state index is -1.43. The summed E-state index contributed by atoms with van der Waals surface area (Å²) < 4.78 is 22.8. The Morgan fingerprint density at radius 2 is 2.14 bits per heavy atom. The molecule has 1 fully saturated rings. The fourth-order valence-electron chi connectivity index (χ4n) is 4.52. The number of hydrogen-bond acceptors (Lipinski definition) is 6. The zero-order valence-electron chi connectivity index (χ0n) is 19.4. The zero-order chi connectivity index (χ0) is 25.0. The maximum atomic E-state index is 15.7. The van der Waals surface area contributed by atoms with Gasteiger partial charge in [-0.1, -0.05) is 31.2 Å². The number of amides is 2. The Kier molecular flexibility index (Phi) is 6.98. The van der Waals surface area contributed by atoms with Crippen LogP contribution in [0.1, 0.15) is 41.4 Å². The highest BCUT2D eigenvalue weighted by Gasteiger charge is 2.46. The molecule has 9 nitrogen and oxygen atoms in total. The van der Waals surface area contributed by atoms with Crippen LogP contribution in [-0.4, -0.2) is 46.3 Å². The summed E-state index contributed by atoms with van der Waals surface area (Å²) in [6.07, 6.45) is 1.24. The number of furan rings is 1. The number of benzene rings is 1. The van der Waals surface area contributed by atoms with Gasteiger partial charge in [-0.25, -0.2) is 4.39 Å². The lowest BCUT2D eigenvalue weighted by Crippen LogP contribution is -2.54. The predicted octanol–water partition coefficient (Wildman–Crippen LogP) is 3.23. The average Bonchev–Trinajstić information content (AvgIpc) is 3.50. The molecule has 2 unspecified atom stereocenters. The van der Waals surface area contributed by atoms with E-state index in [0.29, 0.717) is 25.9 Å². The van der Waals surface area contributed by atoms with Crippen LogP contribution in [0.15, 0.2) is 47.0 Å². The molecule has 0 aliphatic carbocycles. The Balaban J connectivity index is 1.49. The number of hydrogen-bond donors (Lipinski definition) is 2. The first-order valence-corrected chi connectivity index (χ1v) is 11.4. The van der Waals surface area contributed by atoms with Crippen LogP contribution < -0.4 is 11.1 Å². The number of anilines is 1. The van der Waals surface area contributed by atoms with E-state index < -0.39 is 17.6 Å². The second-order valence-corrected chi connectivity index (χ2v) is 8.67. The van der Waals surface area contributed by atoms with Crippen molar-refractivity contribution < 1.29 is 18.4 Å². The van der Waals surface area contributed by atoms with E-state index in [9.17, 15) is 14.9 Å². The van der Waals surface area contributed by atoms with Crippen LogP contribution >= 0.6 is 0 Å². The first kappa shape index (κ1) is 24.2. The molecular weight excluding hydrogens is 451 g/mol. The third kappa shape index (κ3) is 4.81. The summed E-state index contributed by atoms with van der Waals surface area (Å²) in [6, 6.07) is 13.9. The van der Waals surface area contributed by atoms with Crippen molar-refractivity contribution in [2.24, 2.45) is 5.73 Å². The second kappa shape index (κ2) is 10.1. The van der Waals surface area contributed by atoms with Gasteiger partial charge < -0.3 is 15.5 Å². The van der Waals surface area contributed by atoms with Gasteiger partial charge in [0.15, 0.2) is 5.82 Å². The maximum Gasteiger partial charge on any atom is 0.254 e. The molecule has 182 valence electrons. The highest BCUT2D eigenvalue weighted by atomic mass is 19.1. The lowest BCUT2D eigenvalue weighted by molar-refractivity contribution is -0.105. The number of piperidine rings is 1. The molecule has 3 heterocycles. The number of rotatable bonds is 9. The van der Waals surface area contributed by atoms with Gasteiger partial charge >= 0.3 is 0 Å². The first-order valence-electron chi connectivity index (χ1n) is 11.4. The Hall–Kier alpha value is -3.97. The van der Waals surface area contributed by atoms with Gasteiger partial charge in [0, 0.05) is 37.8 Å². The normalized spacial score (nSPS) is 20.3. The number of aromatic nitrogens is 2. The molecule has 0 bridgehead atoms. The largest absolute Gasteiger partial charge is 0.461 e. The highest BCUT2D eigenvalue weighted by molar-refractivity contribution is 5.99. The summed E-state index contributed by atoms with van der Waals surface area (Å²) in [4.78, 5) is 24.6. The topological polar surface area (TPSA) is 130 Å². The van der Waals surface area contributed by atoms with E-state index in [2.05, 4.69) is 16.5 Å². The van der Waals surface area contributed by atoms with Gasteiger partial charge in [0.2, 0.25) is 6.41 Å². The van der Waals surface area contributed by atoms with Crippen LogP contribution in [0.3, 0.4) is 0 Å². The van der Waals surface area contributed by atoms with E-state index in [4.69, 9.17) is 10.2 Å². The number of nitriles is 1. The van der Waals surface area contributed by atoms with Gasteiger partial charge in [0.25, 0.3) is 5.91 Å². The summed E-state index contributed by atoms with van der Waals surface area (Å²) in [5, 5.41) is 16.0. The number of alkyl halides is 1. The molecule has 1 aromatic carbocycles. The minimum absolute atomic E-state index is 0.0354. The quantitative estimate of drug-likeness (QED) is 0.454.